The molecule has 2 bridgehead atoms. The minimum Gasteiger partial charge on any atom is -0.413 e. The third-order valence-corrected chi connectivity index (χ3v) is 19.5. The molecule has 4 fully saturated rings. The van der Waals surface area contributed by atoms with Crippen LogP contribution in [0.1, 0.15) is 132 Å². The van der Waals surface area contributed by atoms with Crippen molar-refractivity contribution in [3.63, 3.8) is 0 Å². The molecule has 4 aliphatic carbocycles. The number of nitrogens with zero attached hydrogens (tertiary/aromatic N) is 1. The van der Waals surface area contributed by atoms with Gasteiger partial charge < -0.3 is 4.43 Å². The van der Waals surface area contributed by atoms with Gasteiger partial charge in [-0.2, -0.15) is 4.31 Å². The van der Waals surface area contributed by atoms with Crippen molar-refractivity contribution < 1.29 is 12.8 Å². The lowest BCUT2D eigenvalue weighted by atomic mass is 9.61. The molecule has 3 unspecified atom stereocenters. The van der Waals surface area contributed by atoms with Gasteiger partial charge in [-0.15, -0.1) is 0 Å². The monoisotopic (exact) mass is 539 g/mol. The van der Waals surface area contributed by atoms with Crippen LogP contribution in [0.5, 0.6) is 0 Å². The largest absolute Gasteiger partial charge is 0.413 e. The topological polar surface area (TPSA) is 46.6 Å². The molecule has 4 rings (SSSR count). The van der Waals surface area contributed by atoms with Gasteiger partial charge in [0.2, 0.25) is 10.0 Å². The first kappa shape index (κ1) is 29.1. The fourth-order valence-corrected chi connectivity index (χ4v) is 13.0. The summed E-state index contributed by atoms with van der Waals surface area (Å²) in [5, 5.41) is 0.111. The summed E-state index contributed by atoms with van der Waals surface area (Å²) in [7, 11) is -5.61. The van der Waals surface area contributed by atoms with Crippen LogP contribution in [0.3, 0.4) is 0 Å². The standard InChI is InChI=1S/C30H57NO3SSi/c1-27(2,3)36(8,9)34-26-22-23-20-21-30(26,28(23,4)5)29(6,7)35(32,33)31(24-16-12-10-13-17-24)25-18-14-11-15-19-25/h23-26H,10-22H2,1-9H3. The summed E-state index contributed by atoms with van der Waals surface area (Å²) in [5.41, 5.74) is -0.415. The lowest BCUT2D eigenvalue weighted by Crippen LogP contribution is -2.65. The van der Waals surface area contributed by atoms with E-state index in [-0.39, 0.29) is 34.1 Å². The SMILES string of the molecule is CC1(C)C2CCC1(C(C)(C)S(=O)(=O)N(C1CCCCC1)C1CCCCC1)C(O[Si](C)(C)C(C)(C)C)C2. The molecule has 0 aromatic carbocycles. The average molecular weight is 540 g/mol. The van der Waals surface area contributed by atoms with Gasteiger partial charge in [-0.05, 0) is 88.3 Å². The van der Waals surface area contributed by atoms with Gasteiger partial charge in [-0.3, -0.25) is 0 Å². The van der Waals surface area contributed by atoms with Gasteiger partial charge >= 0.3 is 0 Å². The van der Waals surface area contributed by atoms with Crippen LogP contribution in [0, 0.1) is 16.7 Å². The maximum atomic E-state index is 15.2. The van der Waals surface area contributed by atoms with E-state index in [0.717, 1.165) is 44.9 Å². The van der Waals surface area contributed by atoms with E-state index in [2.05, 4.69) is 65.9 Å². The predicted molar refractivity (Wildman–Crippen MR) is 154 cm³/mol. The predicted octanol–water partition coefficient (Wildman–Crippen LogP) is 8.28. The highest BCUT2D eigenvalue weighted by Crippen LogP contribution is 2.72. The zero-order chi connectivity index (χ0) is 26.8. The first-order chi connectivity index (χ1) is 16.5. The Balaban J connectivity index is 1.79. The van der Waals surface area contributed by atoms with Crippen LogP contribution in [0.2, 0.25) is 18.1 Å². The number of sulfonamides is 1. The molecular formula is C30H57NO3SSi. The summed E-state index contributed by atoms with van der Waals surface area (Å²) in [6, 6.07) is 0.369. The summed E-state index contributed by atoms with van der Waals surface area (Å²) in [6.07, 6.45) is 14.5. The minimum absolute atomic E-state index is 0.0245. The van der Waals surface area contributed by atoms with Crippen molar-refractivity contribution in [2.45, 2.75) is 173 Å². The Morgan fingerprint density at radius 3 is 1.69 bits per heavy atom. The van der Waals surface area contributed by atoms with Crippen LogP contribution in [0.4, 0.5) is 0 Å². The Labute approximate surface area is 224 Å². The van der Waals surface area contributed by atoms with E-state index in [1.807, 2.05) is 0 Å². The second kappa shape index (κ2) is 9.62. The first-order valence-corrected chi connectivity index (χ1v) is 19.6. The van der Waals surface area contributed by atoms with Gasteiger partial charge in [0.25, 0.3) is 0 Å². The number of hydrogen-bond donors (Lipinski definition) is 0. The van der Waals surface area contributed by atoms with Gasteiger partial charge in [-0.1, -0.05) is 73.1 Å². The van der Waals surface area contributed by atoms with Gasteiger partial charge in [-0.25, -0.2) is 8.42 Å². The molecule has 0 spiro atoms. The number of hydrogen-bond acceptors (Lipinski definition) is 3. The molecule has 0 radical (unpaired) electrons. The summed E-state index contributed by atoms with van der Waals surface area (Å²) in [6.45, 7) is 20.6. The van der Waals surface area contributed by atoms with Gasteiger partial charge in [0.1, 0.15) is 0 Å². The maximum absolute atomic E-state index is 15.2. The van der Waals surface area contributed by atoms with Gasteiger partial charge in [0, 0.05) is 17.5 Å². The molecule has 6 heteroatoms. The Morgan fingerprint density at radius 1 is 0.806 bits per heavy atom. The van der Waals surface area contributed by atoms with Crippen molar-refractivity contribution in [2.24, 2.45) is 16.7 Å². The molecule has 3 atom stereocenters. The average Bonchev–Trinajstić information content (AvgIpc) is 3.16. The highest BCUT2D eigenvalue weighted by molar-refractivity contribution is 7.90. The van der Waals surface area contributed by atoms with Crippen molar-refractivity contribution in [3.8, 4) is 0 Å². The second-order valence-electron chi connectivity index (χ2n) is 15.5. The van der Waals surface area contributed by atoms with Crippen molar-refractivity contribution in [3.05, 3.63) is 0 Å². The summed E-state index contributed by atoms with van der Waals surface area (Å²) in [5.74, 6) is 0.541. The van der Waals surface area contributed by atoms with Crippen molar-refractivity contribution in [1.82, 2.24) is 4.31 Å². The Kier molecular flexibility index (Phi) is 7.77. The lowest BCUT2D eigenvalue weighted by Gasteiger charge is -2.56. The highest BCUT2D eigenvalue weighted by atomic mass is 32.2. The molecule has 0 amide bonds. The molecule has 0 aromatic rings. The van der Waals surface area contributed by atoms with Crippen LogP contribution in [-0.2, 0) is 14.4 Å². The fraction of sp³-hybridized carbons (Fsp3) is 1.00. The molecule has 210 valence electrons. The summed E-state index contributed by atoms with van der Waals surface area (Å²) >= 11 is 0. The zero-order valence-electron chi connectivity index (χ0n) is 25.1. The Hall–Kier alpha value is 0.0869. The van der Waals surface area contributed by atoms with Crippen LogP contribution in [-0.4, -0.2) is 44.0 Å². The molecule has 4 nitrogen and oxygen atoms in total. The van der Waals surface area contributed by atoms with Crippen LogP contribution in [0.25, 0.3) is 0 Å². The highest BCUT2D eigenvalue weighted by Gasteiger charge is 2.74. The van der Waals surface area contributed by atoms with Gasteiger partial charge in [0.15, 0.2) is 8.32 Å². The third-order valence-electron chi connectivity index (χ3n) is 12.2. The summed E-state index contributed by atoms with van der Waals surface area (Å²) in [4.78, 5) is 0. The van der Waals surface area contributed by atoms with E-state index in [9.17, 15) is 0 Å². The molecule has 4 aliphatic rings. The van der Waals surface area contributed by atoms with Crippen molar-refractivity contribution in [1.29, 1.82) is 0 Å². The molecule has 4 saturated carbocycles. The van der Waals surface area contributed by atoms with E-state index in [1.165, 1.54) is 38.5 Å². The second-order valence-corrected chi connectivity index (χ2v) is 22.6. The van der Waals surface area contributed by atoms with E-state index in [1.54, 1.807) is 0 Å². The molecule has 0 N–H and O–H groups in total. The smallest absolute Gasteiger partial charge is 0.220 e. The van der Waals surface area contributed by atoms with Crippen molar-refractivity contribution in [2.75, 3.05) is 0 Å². The van der Waals surface area contributed by atoms with E-state index < -0.39 is 23.1 Å². The van der Waals surface area contributed by atoms with E-state index in [0.29, 0.717) is 5.92 Å². The lowest BCUT2D eigenvalue weighted by molar-refractivity contribution is -0.0251. The first-order valence-electron chi connectivity index (χ1n) is 15.2. The normalized spacial score (nSPS) is 32.9. The van der Waals surface area contributed by atoms with E-state index >= 15 is 8.42 Å². The minimum atomic E-state index is -3.55. The molecular weight excluding hydrogens is 482 g/mol. The Morgan fingerprint density at radius 2 is 1.28 bits per heavy atom. The van der Waals surface area contributed by atoms with Crippen LogP contribution < -0.4 is 0 Å². The quantitative estimate of drug-likeness (QED) is 0.306. The summed E-state index contributed by atoms with van der Waals surface area (Å²) < 4.78 is 38.9. The van der Waals surface area contributed by atoms with Crippen LogP contribution in [0.15, 0.2) is 0 Å². The zero-order valence-corrected chi connectivity index (χ0v) is 26.9. The molecule has 0 aliphatic heterocycles. The Bertz CT molecular complexity index is 876. The number of rotatable bonds is 7. The van der Waals surface area contributed by atoms with Crippen molar-refractivity contribution >= 4 is 18.3 Å². The molecule has 0 heterocycles. The maximum Gasteiger partial charge on any atom is 0.220 e. The fourth-order valence-electron chi connectivity index (χ4n) is 8.90. The molecule has 36 heavy (non-hydrogen) atoms. The van der Waals surface area contributed by atoms with E-state index in [4.69, 9.17) is 4.43 Å². The number of fused-ring (bicyclic) bond motifs is 2. The van der Waals surface area contributed by atoms with Crippen LogP contribution >= 0.6 is 0 Å². The van der Waals surface area contributed by atoms with Gasteiger partial charge in [0.05, 0.1) is 10.9 Å². The molecule has 0 saturated heterocycles. The third kappa shape index (κ3) is 4.31. The molecule has 0 aromatic heterocycles.